The number of aromatic nitrogens is 2. The molecule has 0 radical (unpaired) electrons. The lowest BCUT2D eigenvalue weighted by Gasteiger charge is -2.12. The maximum atomic E-state index is 12.9. The van der Waals surface area contributed by atoms with E-state index in [1.807, 2.05) is 84.9 Å². The average Bonchev–Trinajstić information content (AvgIpc) is 3.50. The van der Waals surface area contributed by atoms with Crippen LogP contribution in [0.2, 0.25) is 0 Å². The van der Waals surface area contributed by atoms with E-state index >= 15 is 0 Å². The summed E-state index contributed by atoms with van der Waals surface area (Å²) in [6, 6.07) is 26.8. The van der Waals surface area contributed by atoms with Crippen molar-refractivity contribution in [2.24, 2.45) is 0 Å². The summed E-state index contributed by atoms with van der Waals surface area (Å²) in [6.07, 6.45) is 0. The van der Waals surface area contributed by atoms with Gasteiger partial charge in [0.15, 0.2) is 0 Å². The Balaban J connectivity index is 1.18. The quantitative estimate of drug-likeness (QED) is 0.145. The molecule has 6 aromatic rings. The molecule has 6 rings (SSSR count). The number of carbonyl (C=O) groups excluding carboxylic acids is 1. The molecule has 2 heterocycles. The predicted molar refractivity (Wildman–Crippen MR) is 181 cm³/mol. The zero-order valence-corrected chi connectivity index (χ0v) is 25.3. The van der Waals surface area contributed by atoms with Crippen LogP contribution in [0.15, 0.2) is 84.9 Å². The lowest BCUT2D eigenvalue weighted by atomic mass is 10.1. The molecule has 9 heteroatoms. The number of fused-ring (bicyclic) bond motifs is 2. The first-order chi connectivity index (χ1) is 21.4. The summed E-state index contributed by atoms with van der Waals surface area (Å²) in [4.78, 5) is 12.9. The number of aryl methyl sites for hydroxylation is 2. The van der Waals surface area contributed by atoms with Crippen molar-refractivity contribution in [1.29, 1.82) is 0 Å². The molecule has 0 aliphatic rings. The third kappa shape index (κ3) is 4.92. The Morgan fingerprint density at radius 1 is 0.636 bits per heavy atom. The van der Waals surface area contributed by atoms with Gasteiger partial charge in [0.05, 0.1) is 48.0 Å². The van der Waals surface area contributed by atoms with Crippen LogP contribution >= 0.6 is 0 Å². The molecule has 9 nitrogen and oxygen atoms in total. The number of nitrogens with one attached hydrogen (secondary N) is 2. The second-order valence-corrected chi connectivity index (χ2v) is 10.5. The van der Waals surface area contributed by atoms with E-state index in [1.165, 1.54) is 0 Å². The summed E-state index contributed by atoms with van der Waals surface area (Å²) >= 11 is 0. The number of anilines is 4. The molecule has 0 atom stereocenters. The van der Waals surface area contributed by atoms with Crippen LogP contribution in [0.4, 0.5) is 27.5 Å². The highest BCUT2D eigenvalue weighted by atomic mass is 16.5. The number of amides is 2. The van der Waals surface area contributed by atoms with Crippen molar-refractivity contribution in [2.45, 2.75) is 26.9 Å². The number of carbonyl (C=O) groups is 1. The molecule has 0 aliphatic heterocycles. The van der Waals surface area contributed by atoms with Gasteiger partial charge in [-0.05, 0) is 62.4 Å². The standard InChI is InChI=1S/C35H36N6O3/c1-5-40-29-19-25(43-3)15-17-27(29)31(36)33(40)21-7-11-23(12-8-21)38-35(42)39-24-13-9-22(10-14-24)34-32(37)28-18-16-26(44-4)20-30(28)41(34)6-2/h7-20H,5-6,36-37H2,1-4H3,(H2,38,39,42). The number of methoxy groups -OCH3 is 2. The molecule has 0 spiro atoms. The van der Waals surface area contributed by atoms with Crippen LogP contribution in [-0.4, -0.2) is 29.4 Å². The zero-order chi connectivity index (χ0) is 31.0. The highest BCUT2D eigenvalue weighted by molar-refractivity contribution is 6.04. The number of hydrogen-bond acceptors (Lipinski definition) is 5. The molecule has 2 amide bonds. The lowest BCUT2D eigenvalue weighted by molar-refractivity contribution is 0.262. The van der Waals surface area contributed by atoms with Crippen molar-refractivity contribution in [2.75, 3.05) is 36.3 Å². The zero-order valence-electron chi connectivity index (χ0n) is 25.3. The Morgan fingerprint density at radius 2 is 1.02 bits per heavy atom. The van der Waals surface area contributed by atoms with Crippen molar-refractivity contribution < 1.29 is 14.3 Å². The highest BCUT2D eigenvalue weighted by Crippen LogP contribution is 2.39. The van der Waals surface area contributed by atoms with Gasteiger partial charge in [-0.3, -0.25) is 0 Å². The molecular weight excluding hydrogens is 552 g/mol. The number of hydrogen-bond donors (Lipinski definition) is 4. The average molecular weight is 589 g/mol. The summed E-state index contributed by atoms with van der Waals surface area (Å²) in [5.41, 5.74) is 21.8. The van der Waals surface area contributed by atoms with Gasteiger partial charge in [-0.15, -0.1) is 0 Å². The normalized spacial score (nSPS) is 11.2. The molecule has 0 saturated heterocycles. The van der Waals surface area contributed by atoms with Crippen LogP contribution in [-0.2, 0) is 13.1 Å². The smallest absolute Gasteiger partial charge is 0.323 e. The van der Waals surface area contributed by atoms with Crippen LogP contribution in [0.3, 0.4) is 0 Å². The molecule has 0 unspecified atom stereocenters. The molecule has 0 aliphatic carbocycles. The number of ether oxygens (including phenoxy) is 2. The molecule has 44 heavy (non-hydrogen) atoms. The number of urea groups is 1. The maximum absolute atomic E-state index is 12.9. The molecule has 2 aromatic heterocycles. The Morgan fingerprint density at radius 3 is 1.36 bits per heavy atom. The maximum Gasteiger partial charge on any atom is 0.323 e. The van der Waals surface area contributed by atoms with Gasteiger partial charge in [0.1, 0.15) is 11.5 Å². The van der Waals surface area contributed by atoms with Gasteiger partial charge in [-0.1, -0.05) is 24.3 Å². The van der Waals surface area contributed by atoms with Crippen molar-refractivity contribution in [3.63, 3.8) is 0 Å². The van der Waals surface area contributed by atoms with Gasteiger partial charge in [-0.2, -0.15) is 0 Å². The van der Waals surface area contributed by atoms with Crippen molar-refractivity contribution in [1.82, 2.24) is 9.13 Å². The molecule has 4 aromatic carbocycles. The number of nitrogens with zero attached hydrogens (tertiary/aromatic N) is 2. The van der Waals surface area contributed by atoms with E-state index in [9.17, 15) is 4.79 Å². The number of benzene rings is 4. The summed E-state index contributed by atoms with van der Waals surface area (Å²) in [5, 5.41) is 7.79. The van der Waals surface area contributed by atoms with Gasteiger partial charge in [0.25, 0.3) is 0 Å². The molecule has 6 N–H and O–H groups in total. The second-order valence-electron chi connectivity index (χ2n) is 10.5. The Bertz CT molecular complexity index is 1850. The molecule has 0 fully saturated rings. The predicted octanol–water partition coefficient (Wildman–Crippen LogP) is 7.80. The van der Waals surface area contributed by atoms with E-state index in [2.05, 4.69) is 33.6 Å². The van der Waals surface area contributed by atoms with Crippen LogP contribution in [0, 0.1) is 0 Å². The summed E-state index contributed by atoms with van der Waals surface area (Å²) < 4.78 is 15.2. The number of nitrogens with two attached hydrogens (primary N) is 2. The van der Waals surface area contributed by atoms with Crippen molar-refractivity contribution in [3.8, 4) is 34.0 Å². The third-order valence-electron chi connectivity index (χ3n) is 8.09. The Kier molecular flexibility index (Phi) is 7.53. The van der Waals surface area contributed by atoms with Gasteiger partial charge in [0.2, 0.25) is 0 Å². The fourth-order valence-electron chi connectivity index (χ4n) is 5.96. The lowest BCUT2D eigenvalue weighted by Crippen LogP contribution is -2.19. The summed E-state index contributed by atoms with van der Waals surface area (Å²) in [5.74, 6) is 1.57. The highest BCUT2D eigenvalue weighted by Gasteiger charge is 2.18. The molecule has 0 bridgehead atoms. The number of nitrogen functional groups attached to an aromatic ring is 2. The van der Waals surface area contributed by atoms with Gasteiger partial charge in [-0.25, -0.2) is 4.79 Å². The van der Waals surface area contributed by atoms with Gasteiger partial charge >= 0.3 is 6.03 Å². The Labute approximate surface area is 256 Å². The van der Waals surface area contributed by atoms with E-state index < -0.39 is 0 Å². The largest absolute Gasteiger partial charge is 0.497 e. The van der Waals surface area contributed by atoms with Crippen LogP contribution in [0.25, 0.3) is 44.3 Å². The molecule has 224 valence electrons. The fraction of sp³-hybridized carbons (Fsp3) is 0.171. The van der Waals surface area contributed by atoms with Gasteiger partial charge < -0.3 is 40.7 Å². The monoisotopic (exact) mass is 588 g/mol. The van der Waals surface area contributed by atoms with E-state index in [-0.39, 0.29) is 6.03 Å². The minimum Gasteiger partial charge on any atom is -0.497 e. The van der Waals surface area contributed by atoms with Crippen molar-refractivity contribution in [3.05, 3.63) is 84.9 Å². The van der Waals surface area contributed by atoms with E-state index in [1.54, 1.807) is 14.2 Å². The summed E-state index contributed by atoms with van der Waals surface area (Å²) in [6.45, 7) is 5.67. The van der Waals surface area contributed by atoms with E-state index in [0.717, 1.165) is 68.9 Å². The van der Waals surface area contributed by atoms with Crippen molar-refractivity contribution >= 4 is 50.6 Å². The minimum absolute atomic E-state index is 0.339. The van der Waals surface area contributed by atoms with Crippen LogP contribution in [0.1, 0.15) is 13.8 Å². The third-order valence-corrected chi connectivity index (χ3v) is 8.09. The first-order valence-corrected chi connectivity index (χ1v) is 14.6. The Hall–Kier alpha value is -5.57. The molecule has 0 saturated carbocycles. The van der Waals surface area contributed by atoms with Gasteiger partial charge in [0, 0.05) is 58.5 Å². The minimum atomic E-state index is -0.339. The first-order valence-electron chi connectivity index (χ1n) is 14.6. The van der Waals surface area contributed by atoms with Crippen LogP contribution in [0.5, 0.6) is 11.5 Å². The first kappa shape index (κ1) is 28.5. The van der Waals surface area contributed by atoms with E-state index in [0.29, 0.717) is 22.7 Å². The van der Waals surface area contributed by atoms with E-state index in [4.69, 9.17) is 20.9 Å². The fourth-order valence-corrected chi connectivity index (χ4v) is 5.96. The van der Waals surface area contributed by atoms with Crippen LogP contribution < -0.4 is 31.6 Å². The SMILES string of the molecule is CCn1c(-c2ccc(NC(=O)Nc3ccc(-c4c(N)c5ccc(OC)cc5n4CC)cc3)cc2)c(N)c2ccc(OC)cc21. The molecular formula is C35H36N6O3. The number of rotatable bonds is 8. The second kappa shape index (κ2) is 11.6. The summed E-state index contributed by atoms with van der Waals surface area (Å²) in [7, 11) is 3.31. The topological polar surface area (TPSA) is 121 Å².